The van der Waals surface area contributed by atoms with Crippen molar-refractivity contribution in [1.29, 1.82) is 0 Å². The summed E-state index contributed by atoms with van der Waals surface area (Å²) in [6.07, 6.45) is -3.82. The zero-order valence-corrected chi connectivity index (χ0v) is 18.1. The quantitative estimate of drug-likeness (QED) is 0.268. The average Bonchev–Trinajstić information content (AvgIpc) is 3.12. The maximum atomic E-state index is 14.2. The number of alkyl halides is 3. The third kappa shape index (κ3) is 4.23. The molecule has 0 N–H and O–H groups in total. The molecule has 0 spiro atoms. The Morgan fingerprint density at radius 3 is 2.00 bits per heavy atom. The smallest absolute Gasteiger partial charge is 0.432 e. The molecule has 1 aliphatic carbocycles. The third-order valence-electron chi connectivity index (χ3n) is 5.63. The van der Waals surface area contributed by atoms with Gasteiger partial charge in [0.25, 0.3) is 5.60 Å². The van der Waals surface area contributed by atoms with Crippen molar-refractivity contribution in [2.75, 3.05) is 21.3 Å². The van der Waals surface area contributed by atoms with Crippen LogP contribution >= 0.6 is 0 Å². The first kappa shape index (κ1) is 25.4. The molecule has 1 aromatic carbocycles. The molecule has 1 aromatic rings. The Hall–Kier alpha value is -2.88. The van der Waals surface area contributed by atoms with Crippen molar-refractivity contribution < 1.29 is 46.5 Å². The minimum Gasteiger partial charge on any atom is -0.468 e. The van der Waals surface area contributed by atoms with Crippen LogP contribution in [0.15, 0.2) is 42.5 Å². The molecule has 0 heterocycles. The number of hydrogen-bond acceptors (Lipinski definition) is 7. The van der Waals surface area contributed by atoms with Crippen LogP contribution < -0.4 is 0 Å². The van der Waals surface area contributed by atoms with Crippen LogP contribution in [0.5, 0.6) is 0 Å². The Balaban J connectivity index is 2.50. The van der Waals surface area contributed by atoms with Crippen LogP contribution in [-0.2, 0) is 38.9 Å². The summed E-state index contributed by atoms with van der Waals surface area (Å²) in [5, 5.41) is 0. The van der Waals surface area contributed by atoms with Crippen molar-refractivity contribution in [3.05, 3.63) is 48.0 Å². The van der Waals surface area contributed by atoms with E-state index in [-0.39, 0.29) is 6.42 Å². The van der Waals surface area contributed by atoms with Gasteiger partial charge in [-0.15, -0.1) is 0 Å². The molecule has 176 valence electrons. The highest BCUT2D eigenvalue weighted by atomic mass is 19.4. The molecule has 0 aliphatic heterocycles. The number of methoxy groups -OCH3 is 3. The highest BCUT2D eigenvalue weighted by molar-refractivity contribution is 6.00. The summed E-state index contributed by atoms with van der Waals surface area (Å²) < 4.78 is 62.0. The summed E-state index contributed by atoms with van der Waals surface area (Å²) in [5.41, 5.74) is -5.68. The lowest BCUT2D eigenvalue weighted by Crippen LogP contribution is -2.52. The fraction of sp³-hybridized carbons (Fsp3) is 0.500. The monoisotopic (exact) mass is 458 g/mol. The van der Waals surface area contributed by atoms with Crippen molar-refractivity contribution in [2.45, 2.75) is 37.6 Å². The van der Waals surface area contributed by atoms with Crippen LogP contribution in [0.1, 0.15) is 25.3 Å². The van der Waals surface area contributed by atoms with E-state index in [2.05, 4.69) is 0 Å². The first-order valence-electron chi connectivity index (χ1n) is 9.72. The lowest BCUT2D eigenvalue weighted by atomic mass is 9.85. The molecule has 0 unspecified atom stereocenters. The summed E-state index contributed by atoms with van der Waals surface area (Å²) in [4.78, 5) is 37.9. The van der Waals surface area contributed by atoms with Gasteiger partial charge < -0.3 is 18.9 Å². The van der Waals surface area contributed by atoms with Crippen LogP contribution in [0.25, 0.3) is 0 Å². The topological polar surface area (TPSA) is 88.1 Å². The van der Waals surface area contributed by atoms with Gasteiger partial charge in [-0.25, -0.2) is 4.79 Å². The molecular formula is C22H25F3O7. The number of benzene rings is 1. The number of carbonyl (C=O) groups is 3. The van der Waals surface area contributed by atoms with Crippen molar-refractivity contribution in [3.63, 3.8) is 0 Å². The number of halogens is 3. The number of hydrogen-bond donors (Lipinski definition) is 0. The summed E-state index contributed by atoms with van der Waals surface area (Å²) in [6, 6.07) is 6.36. The maximum Gasteiger partial charge on any atom is 0.432 e. The lowest BCUT2D eigenvalue weighted by molar-refractivity contribution is -0.278. The molecule has 1 aliphatic rings. The highest BCUT2D eigenvalue weighted by Gasteiger charge is 2.65. The van der Waals surface area contributed by atoms with E-state index < -0.39 is 59.1 Å². The van der Waals surface area contributed by atoms with Gasteiger partial charge in [0, 0.05) is 25.0 Å². The first-order chi connectivity index (χ1) is 15.0. The standard InChI is InChI=1S/C22H25F3O7/c1-5-9-14-12-20(17(26)29-2,18(27)30-3)13-16(14)32-19(28)21(31-4,22(23,24)25)15-10-7-6-8-11-15/h5-11,14,16H,12-13H2,1-4H3/b9-5+/t14-,16-,21+/m1/s1. The maximum absolute atomic E-state index is 14.2. The van der Waals surface area contributed by atoms with Crippen LogP contribution in [0.3, 0.4) is 0 Å². The fourth-order valence-corrected chi connectivity index (χ4v) is 4.10. The van der Waals surface area contributed by atoms with E-state index >= 15 is 0 Å². The van der Waals surface area contributed by atoms with Gasteiger partial charge in [-0.05, 0) is 13.3 Å². The predicted octanol–water partition coefficient (Wildman–Crippen LogP) is 3.32. The number of esters is 3. The molecule has 0 amide bonds. The van der Waals surface area contributed by atoms with Gasteiger partial charge >= 0.3 is 24.1 Å². The number of ether oxygens (including phenoxy) is 4. The van der Waals surface area contributed by atoms with Crippen molar-refractivity contribution in [2.24, 2.45) is 11.3 Å². The second-order valence-corrected chi connectivity index (χ2v) is 7.36. The second-order valence-electron chi connectivity index (χ2n) is 7.36. The molecule has 0 radical (unpaired) electrons. The Morgan fingerprint density at radius 1 is 1.00 bits per heavy atom. The summed E-state index contributed by atoms with van der Waals surface area (Å²) in [7, 11) is 2.91. The van der Waals surface area contributed by atoms with Crippen molar-refractivity contribution in [1.82, 2.24) is 0 Å². The van der Waals surface area contributed by atoms with Crippen LogP contribution in [-0.4, -0.2) is 51.5 Å². The molecule has 2 rings (SSSR count). The molecule has 0 bridgehead atoms. The van der Waals surface area contributed by atoms with Gasteiger partial charge in [-0.1, -0.05) is 42.5 Å². The Bertz CT molecular complexity index is 850. The molecule has 7 nitrogen and oxygen atoms in total. The first-order valence-corrected chi connectivity index (χ1v) is 9.72. The number of allylic oxidation sites excluding steroid dienone is 1. The SMILES string of the molecule is C/C=C/[C@@H]1CC(C(=O)OC)(C(=O)OC)C[C@H]1OC(=O)[C@@](OC)(c1ccccc1)C(F)(F)F. The van der Waals surface area contributed by atoms with Crippen LogP contribution in [0.4, 0.5) is 13.2 Å². The molecular weight excluding hydrogens is 433 g/mol. The van der Waals surface area contributed by atoms with Gasteiger partial charge in [0.1, 0.15) is 6.10 Å². The average molecular weight is 458 g/mol. The van der Waals surface area contributed by atoms with E-state index in [1.165, 1.54) is 18.2 Å². The Labute approximate surface area is 183 Å². The van der Waals surface area contributed by atoms with Gasteiger partial charge in [0.2, 0.25) is 0 Å². The normalized spacial score (nSPS) is 22.2. The van der Waals surface area contributed by atoms with Crippen molar-refractivity contribution in [3.8, 4) is 0 Å². The van der Waals surface area contributed by atoms with Crippen LogP contribution in [0.2, 0.25) is 0 Å². The van der Waals surface area contributed by atoms with E-state index in [1.807, 2.05) is 0 Å². The van der Waals surface area contributed by atoms with Crippen LogP contribution in [0, 0.1) is 11.3 Å². The van der Waals surface area contributed by atoms with Gasteiger partial charge in [-0.2, -0.15) is 13.2 Å². The highest BCUT2D eigenvalue weighted by Crippen LogP contribution is 2.48. The van der Waals surface area contributed by atoms with Gasteiger partial charge in [-0.3, -0.25) is 9.59 Å². The minimum atomic E-state index is -5.16. The summed E-state index contributed by atoms with van der Waals surface area (Å²) >= 11 is 0. The Morgan fingerprint density at radius 2 is 1.56 bits per heavy atom. The summed E-state index contributed by atoms with van der Waals surface area (Å²) in [5.74, 6) is -4.28. The lowest BCUT2D eigenvalue weighted by Gasteiger charge is -2.34. The van der Waals surface area contributed by atoms with Gasteiger partial charge in [0.05, 0.1) is 14.2 Å². The third-order valence-corrected chi connectivity index (χ3v) is 5.63. The Kier molecular flexibility index (Phi) is 7.71. The molecule has 32 heavy (non-hydrogen) atoms. The minimum absolute atomic E-state index is 0.161. The molecule has 0 saturated heterocycles. The van der Waals surface area contributed by atoms with E-state index in [9.17, 15) is 27.6 Å². The van der Waals surface area contributed by atoms with Gasteiger partial charge in [0.15, 0.2) is 5.41 Å². The molecule has 1 saturated carbocycles. The number of rotatable bonds is 7. The predicted molar refractivity (Wildman–Crippen MR) is 105 cm³/mol. The molecule has 10 heteroatoms. The van der Waals surface area contributed by atoms with E-state index in [4.69, 9.17) is 18.9 Å². The molecule has 0 aromatic heterocycles. The second kappa shape index (κ2) is 9.72. The number of carbonyl (C=O) groups excluding carboxylic acids is 3. The summed E-state index contributed by atoms with van der Waals surface area (Å²) in [6.45, 7) is 1.65. The molecule has 3 atom stereocenters. The zero-order valence-electron chi connectivity index (χ0n) is 18.1. The fourth-order valence-electron chi connectivity index (χ4n) is 4.10. The molecule has 1 fully saturated rings. The zero-order chi connectivity index (χ0) is 24.2. The largest absolute Gasteiger partial charge is 0.468 e. The van der Waals surface area contributed by atoms with E-state index in [0.717, 1.165) is 33.5 Å². The van der Waals surface area contributed by atoms with E-state index in [1.54, 1.807) is 19.1 Å². The van der Waals surface area contributed by atoms with Crippen molar-refractivity contribution >= 4 is 17.9 Å². The van der Waals surface area contributed by atoms with E-state index in [0.29, 0.717) is 0 Å².